The number of aliphatic hydroxyl groups is 2. The number of nitrogens with one attached hydrogen (secondary N) is 1. The van der Waals surface area contributed by atoms with Crippen LogP contribution in [0.15, 0.2) is 6.07 Å². The molecule has 0 aliphatic heterocycles. The van der Waals surface area contributed by atoms with Crippen molar-refractivity contribution in [2.45, 2.75) is 25.9 Å². The van der Waals surface area contributed by atoms with Crippen molar-refractivity contribution in [1.82, 2.24) is 15.1 Å². The van der Waals surface area contributed by atoms with Crippen molar-refractivity contribution in [3.05, 3.63) is 17.5 Å². The second-order valence-corrected chi connectivity index (χ2v) is 4.34. The van der Waals surface area contributed by atoms with Crippen molar-refractivity contribution >= 4 is 5.91 Å². The van der Waals surface area contributed by atoms with Gasteiger partial charge in [0.15, 0.2) is 0 Å². The molecule has 0 aliphatic rings. The summed E-state index contributed by atoms with van der Waals surface area (Å²) in [4.78, 5) is 11.8. The van der Waals surface area contributed by atoms with Gasteiger partial charge >= 0.3 is 0 Å². The highest BCUT2D eigenvalue weighted by Crippen LogP contribution is 2.05. The van der Waals surface area contributed by atoms with Crippen LogP contribution in [0.25, 0.3) is 0 Å². The third-order valence-electron chi connectivity index (χ3n) is 2.50. The van der Waals surface area contributed by atoms with E-state index in [0.717, 1.165) is 12.1 Å². The average Bonchev–Trinajstić information content (AvgIpc) is 2.68. The lowest BCUT2D eigenvalue weighted by molar-refractivity contribution is 0.00312. The van der Waals surface area contributed by atoms with E-state index in [1.807, 2.05) is 6.92 Å². The number of hydrogen-bond acceptors (Lipinski definition) is 4. The molecule has 1 rings (SSSR count). The van der Waals surface area contributed by atoms with Gasteiger partial charge in [0.1, 0.15) is 11.3 Å². The number of aliphatic hydroxyl groups excluding tert-OH is 1. The number of rotatable bonds is 5. The SMILES string of the molecule is CCc1cc(C(=O)NCC(C)(O)CO)n(C)n1. The molecule has 0 saturated carbocycles. The largest absolute Gasteiger partial charge is 0.393 e. The van der Waals surface area contributed by atoms with Crippen molar-refractivity contribution in [2.75, 3.05) is 13.2 Å². The Bertz CT molecular complexity index is 399. The van der Waals surface area contributed by atoms with Gasteiger partial charge in [0, 0.05) is 13.6 Å². The monoisotopic (exact) mass is 241 g/mol. The molecule has 3 N–H and O–H groups in total. The summed E-state index contributed by atoms with van der Waals surface area (Å²) in [5.41, 5.74) is -0.0240. The van der Waals surface area contributed by atoms with E-state index in [4.69, 9.17) is 5.11 Å². The molecule has 0 fully saturated rings. The van der Waals surface area contributed by atoms with Crippen LogP contribution in [0.2, 0.25) is 0 Å². The topological polar surface area (TPSA) is 87.4 Å². The lowest BCUT2D eigenvalue weighted by Gasteiger charge is -2.20. The number of aryl methyl sites for hydroxylation is 2. The highest BCUT2D eigenvalue weighted by atomic mass is 16.3. The van der Waals surface area contributed by atoms with Gasteiger partial charge < -0.3 is 15.5 Å². The van der Waals surface area contributed by atoms with Gasteiger partial charge in [0.25, 0.3) is 5.91 Å². The van der Waals surface area contributed by atoms with Crippen LogP contribution in [0.3, 0.4) is 0 Å². The molecule has 0 aliphatic carbocycles. The number of aromatic nitrogens is 2. The van der Waals surface area contributed by atoms with E-state index in [2.05, 4.69) is 10.4 Å². The van der Waals surface area contributed by atoms with Crippen molar-refractivity contribution in [3.63, 3.8) is 0 Å². The summed E-state index contributed by atoms with van der Waals surface area (Å²) >= 11 is 0. The van der Waals surface area contributed by atoms with Gasteiger partial charge in [-0.05, 0) is 19.4 Å². The van der Waals surface area contributed by atoms with Crippen LogP contribution in [0, 0.1) is 0 Å². The maximum absolute atomic E-state index is 11.8. The predicted octanol–water partition coefficient (Wildman–Crippen LogP) is -0.544. The molecule has 0 bridgehead atoms. The van der Waals surface area contributed by atoms with Gasteiger partial charge in [0.05, 0.1) is 12.3 Å². The normalized spacial score (nSPS) is 14.4. The molecule has 1 unspecified atom stereocenters. The third kappa shape index (κ3) is 3.54. The number of hydrogen-bond donors (Lipinski definition) is 3. The molecule has 0 spiro atoms. The van der Waals surface area contributed by atoms with Crippen LogP contribution in [-0.4, -0.2) is 44.7 Å². The van der Waals surface area contributed by atoms with E-state index in [1.54, 1.807) is 13.1 Å². The molecular weight excluding hydrogens is 222 g/mol. The summed E-state index contributed by atoms with van der Waals surface area (Å²) in [6.45, 7) is 3.00. The molecular formula is C11H19N3O3. The summed E-state index contributed by atoms with van der Waals surface area (Å²) in [6, 6.07) is 1.71. The van der Waals surface area contributed by atoms with E-state index in [-0.39, 0.29) is 12.5 Å². The minimum atomic E-state index is -1.30. The molecule has 1 heterocycles. The minimum absolute atomic E-state index is 0.00499. The number of carbonyl (C=O) groups is 1. The fourth-order valence-electron chi connectivity index (χ4n) is 1.33. The first-order chi connectivity index (χ1) is 7.89. The number of amides is 1. The first-order valence-corrected chi connectivity index (χ1v) is 5.54. The maximum Gasteiger partial charge on any atom is 0.269 e. The van der Waals surface area contributed by atoms with E-state index in [0.29, 0.717) is 5.69 Å². The Hall–Kier alpha value is -1.40. The second-order valence-electron chi connectivity index (χ2n) is 4.34. The zero-order valence-electron chi connectivity index (χ0n) is 10.4. The van der Waals surface area contributed by atoms with Crippen molar-refractivity contribution < 1.29 is 15.0 Å². The Morgan fingerprint density at radius 2 is 2.29 bits per heavy atom. The summed E-state index contributed by atoms with van der Waals surface area (Å²) in [5, 5.41) is 25.1. The van der Waals surface area contributed by atoms with E-state index in [9.17, 15) is 9.90 Å². The number of nitrogens with zero attached hydrogens (tertiary/aromatic N) is 2. The molecule has 1 aromatic heterocycles. The minimum Gasteiger partial charge on any atom is -0.393 e. The molecule has 0 aromatic carbocycles. The molecule has 1 aromatic rings. The Morgan fingerprint density at radius 3 is 2.76 bits per heavy atom. The van der Waals surface area contributed by atoms with E-state index < -0.39 is 12.2 Å². The zero-order valence-corrected chi connectivity index (χ0v) is 10.4. The average molecular weight is 241 g/mol. The molecule has 6 nitrogen and oxygen atoms in total. The molecule has 1 amide bonds. The molecule has 96 valence electrons. The second kappa shape index (κ2) is 5.29. The predicted molar refractivity (Wildman–Crippen MR) is 62.6 cm³/mol. The molecule has 0 radical (unpaired) electrons. The van der Waals surface area contributed by atoms with Crippen molar-refractivity contribution in [2.24, 2.45) is 7.05 Å². The van der Waals surface area contributed by atoms with Crippen LogP contribution < -0.4 is 5.32 Å². The summed E-state index contributed by atoms with van der Waals surface area (Å²) in [5.74, 6) is -0.312. The van der Waals surface area contributed by atoms with Crippen LogP contribution >= 0.6 is 0 Å². The lowest BCUT2D eigenvalue weighted by atomic mass is 10.1. The van der Waals surface area contributed by atoms with Gasteiger partial charge in [-0.1, -0.05) is 6.92 Å². The third-order valence-corrected chi connectivity index (χ3v) is 2.50. The summed E-state index contributed by atoms with van der Waals surface area (Å²) in [6.07, 6.45) is 0.759. The summed E-state index contributed by atoms with van der Waals surface area (Å²) in [7, 11) is 1.69. The number of carbonyl (C=O) groups excluding carboxylic acids is 1. The van der Waals surface area contributed by atoms with Crippen molar-refractivity contribution in [1.29, 1.82) is 0 Å². The smallest absolute Gasteiger partial charge is 0.269 e. The van der Waals surface area contributed by atoms with Crippen LogP contribution in [-0.2, 0) is 13.5 Å². The quantitative estimate of drug-likeness (QED) is 0.646. The van der Waals surface area contributed by atoms with E-state index in [1.165, 1.54) is 11.6 Å². The molecule has 1 atom stereocenters. The molecule has 17 heavy (non-hydrogen) atoms. The van der Waals surface area contributed by atoms with Crippen LogP contribution in [0.4, 0.5) is 0 Å². The van der Waals surface area contributed by atoms with E-state index >= 15 is 0 Å². The Kier molecular flexibility index (Phi) is 4.25. The standard InChI is InChI=1S/C11H19N3O3/c1-4-8-5-9(14(3)13-8)10(16)12-6-11(2,17)7-15/h5,15,17H,4,6-7H2,1-3H3,(H,12,16). The fraction of sp³-hybridized carbons (Fsp3) is 0.636. The van der Waals surface area contributed by atoms with Crippen LogP contribution in [0.1, 0.15) is 30.0 Å². The van der Waals surface area contributed by atoms with Crippen molar-refractivity contribution in [3.8, 4) is 0 Å². The Labute approximate surface area is 100 Å². The highest BCUT2D eigenvalue weighted by molar-refractivity contribution is 5.92. The Morgan fingerprint density at radius 1 is 1.65 bits per heavy atom. The Balaban J connectivity index is 2.67. The highest BCUT2D eigenvalue weighted by Gasteiger charge is 2.21. The fourth-order valence-corrected chi connectivity index (χ4v) is 1.33. The van der Waals surface area contributed by atoms with Gasteiger partial charge in [-0.3, -0.25) is 9.48 Å². The molecule has 0 saturated heterocycles. The van der Waals surface area contributed by atoms with Crippen LogP contribution in [0.5, 0.6) is 0 Å². The first-order valence-electron chi connectivity index (χ1n) is 5.54. The van der Waals surface area contributed by atoms with Gasteiger partial charge in [-0.25, -0.2) is 0 Å². The van der Waals surface area contributed by atoms with Gasteiger partial charge in [0.2, 0.25) is 0 Å². The zero-order chi connectivity index (χ0) is 13.1. The first kappa shape index (κ1) is 13.7. The summed E-state index contributed by atoms with van der Waals surface area (Å²) < 4.78 is 1.50. The van der Waals surface area contributed by atoms with Gasteiger partial charge in [-0.2, -0.15) is 5.10 Å². The lowest BCUT2D eigenvalue weighted by Crippen LogP contribution is -2.43. The van der Waals surface area contributed by atoms with Gasteiger partial charge in [-0.15, -0.1) is 0 Å². The molecule has 6 heteroatoms. The maximum atomic E-state index is 11.8.